The first-order valence-corrected chi connectivity index (χ1v) is 10.7. The van der Waals surface area contributed by atoms with Crippen LogP contribution in [0.5, 0.6) is 11.5 Å². The Hall–Kier alpha value is -3.80. The average Bonchev–Trinajstić information content (AvgIpc) is 3.21. The minimum absolute atomic E-state index is 0.0112. The predicted octanol–water partition coefficient (Wildman–Crippen LogP) is 4.33. The van der Waals surface area contributed by atoms with E-state index in [-0.39, 0.29) is 5.91 Å². The average molecular weight is 430 g/mol. The third-order valence-corrected chi connectivity index (χ3v) is 5.40. The summed E-state index contributed by atoms with van der Waals surface area (Å²) in [4.78, 5) is 17.3. The second kappa shape index (κ2) is 10.0. The number of nitrogens with one attached hydrogen (secondary N) is 1. The quantitative estimate of drug-likeness (QED) is 0.430. The van der Waals surface area contributed by atoms with E-state index in [4.69, 9.17) is 14.5 Å². The van der Waals surface area contributed by atoms with Gasteiger partial charge >= 0.3 is 0 Å². The molecule has 1 aromatic heterocycles. The second-order valence-corrected chi connectivity index (χ2v) is 7.48. The molecule has 0 saturated carbocycles. The molecule has 6 nitrogen and oxygen atoms in total. The number of amides is 1. The molecule has 0 saturated heterocycles. The molecule has 0 aliphatic rings. The highest BCUT2D eigenvalue weighted by Crippen LogP contribution is 2.27. The summed E-state index contributed by atoms with van der Waals surface area (Å²) in [5.74, 6) is 2.28. The number of aryl methyl sites for hydroxylation is 1. The van der Waals surface area contributed by atoms with Crippen molar-refractivity contribution in [2.75, 3.05) is 20.8 Å². The second-order valence-electron chi connectivity index (χ2n) is 7.48. The summed E-state index contributed by atoms with van der Waals surface area (Å²) in [6, 6.07) is 24.0. The maximum atomic E-state index is 12.5. The minimum Gasteiger partial charge on any atom is -0.493 e. The van der Waals surface area contributed by atoms with Crippen molar-refractivity contribution in [1.29, 1.82) is 0 Å². The van der Waals surface area contributed by atoms with Gasteiger partial charge in [0, 0.05) is 25.1 Å². The lowest BCUT2D eigenvalue weighted by molar-refractivity contribution is -0.121. The van der Waals surface area contributed by atoms with Crippen molar-refractivity contribution in [2.24, 2.45) is 0 Å². The molecule has 0 bridgehead atoms. The SMILES string of the molecule is COc1ccc(CCNC(=O)CCc2nc3ccccc3n2-c2ccccc2)cc1OC. The molecule has 164 valence electrons. The first-order chi connectivity index (χ1) is 15.7. The maximum absolute atomic E-state index is 12.5. The summed E-state index contributed by atoms with van der Waals surface area (Å²) in [5.41, 5.74) is 4.10. The smallest absolute Gasteiger partial charge is 0.220 e. The fourth-order valence-electron chi connectivity index (χ4n) is 3.80. The number of rotatable bonds is 9. The molecule has 4 rings (SSSR count). The molecule has 1 heterocycles. The topological polar surface area (TPSA) is 65.4 Å². The molecular formula is C26H27N3O3. The zero-order chi connectivity index (χ0) is 22.3. The Morgan fingerprint density at radius 2 is 1.66 bits per heavy atom. The van der Waals surface area contributed by atoms with Crippen LogP contribution >= 0.6 is 0 Å². The molecule has 6 heteroatoms. The Morgan fingerprint density at radius 3 is 2.44 bits per heavy atom. The number of imidazole rings is 1. The van der Waals surface area contributed by atoms with Gasteiger partial charge in [-0.15, -0.1) is 0 Å². The van der Waals surface area contributed by atoms with Gasteiger partial charge < -0.3 is 14.8 Å². The van der Waals surface area contributed by atoms with Crippen LogP contribution in [0.25, 0.3) is 16.7 Å². The molecule has 0 atom stereocenters. The lowest BCUT2D eigenvalue weighted by Gasteiger charge is -2.11. The van der Waals surface area contributed by atoms with Gasteiger partial charge in [0.2, 0.25) is 5.91 Å². The van der Waals surface area contributed by atoms with Gasteiger partial charge in [0.05, 0.1) is 25.3 Å². The lowest BCUT2D eigenvalue weighted by atomic mass is 10.1. The van der Waals surface area contributed by atoms with Crippen LogP contribution in [0.15, 0.2) is 72.8 Å². The van der Waals surface area contributed by atoms with Crippen molar-refractivity contribution in [3.05, 3.63) is 84.2 Å². The highest BCUT2D eigenvalue weighted by atomic mass is 16.5. The summed E-state index contributed by atoms with van der Waals surface area (Å²) in [6.07, 6.45) is 1.66. The van der Waals surface area contributed by atoms with E-state index in [0.29, 0.717) is 37.3 Å². The van der Waals surface area contributed by atoms with Crippen LogP contribution in [0.3, 0.4) is 0 Å². The molecular weight excluding hydrogens is 402 g/mol. The van der Waals surface area contributed by atoms with Gasteiger partial charge in [-0.1, -0.05) is 36.4 Å². The third kappa shape index (κ3) is 4.75. The summed E-state index contributed by atoms with van der Waals surface area (Å²) >= 11 is 0. The fraction of sp³-hybridized carbons (Fsp3) is 0.231. The summed E-state index contributed by atoms with van der Waals surface area (Å²) in [5, 5.41) is 3.01. The Bertz CT molecular complexity index is 1200. The van der Waals surface area contributed by atoms with Gasteiger partial charge in [0.15, 0.2) is 11.5 Å². The first-order valence-electron chi connectivity index (χ1n) is 10.7. The van der Waals surface area contributed by atoms with Gasteiger partial charge in [0.1, 0.15) is 5.82 Å². The highest BCUT2D eigenvalue weighted by Gasteiger charge is 2.13. The zero-order valence-corrected chi connectivity index (χ0v) is 18.4. The molecule has 0 radical (unpaired) electrons. The van der Waals surface area contributed by atoms with Crippen LogP contribution in [0.4, 0.5) is 0 Å². The van der Waals surface area contributed by atoms with Crippen LogP contribution < -0.4 is 14.8 Å². The lowest BCUT2D eigenvalue weighted by Crippen LogP contribution is -2.26. The molecule has 0 aliphatic heterocycles. The minimum atomic E-state index is 0.0112. The normalized spacial score (nSPS) is 10.8. The number of carbonyl (C=O) groups excluding carboxylic acids is 1. The van der Waals surface area contributed by atoms with E-state index in [1.54, 1.807) is 14.2 Å². The number of hydrogen-bond donors (Lipinski definition) is 1. The molecule has 0 spiro atoms. The molecule has 0 aliphatic carbocycles. The Balaban J connectivity index is 1.38. The van der Waals surface area contributed by atoms with Gasteiger partial charge in [-0.2, -0.15) is 0 Å². The van der Waals surface area contributed by atoms with Crippen LogP contribution in [-0.4, -0.2) is 36.2 Å². The molecule has 1 N–H and O–H groups in total. The number of benzene rings is 3. The van der Waals surface area contributed by atoms with Crippen molar-refractivity contribution >= 4 is 16.9 Å². The van der Waals surface area contributed by atoms with E-state index in [1.165, 1.54) is 0 Å². The largest absolute Gasteiger partial charge is 0.493 e. The standard InChI is InChI=1S/C26H27N3O3/c1-31-23-13-12-19(18-24(23)32-2)16-17-27-26(30)15-14-25-28-21-10-6-7-11-22(21)29(25)20-8-4-3-5-9-20/h3-13,18H,14-17H2,1-2H3,(H,27,30). The maximum Gasteiger partial charge on any atom is 0.220 e. The van der Waals surface area contributed by atoms with Gasteiger partial charge in [0.25, 0.3) is 0 Å². The molecule has 4 aromatic rings. The number of para-hydroxylation sites is 3. The van der Waals surface area contributed by atoms with Crippen LogP contribution in [0, 0.1) is 0 Å². The highest BCUT2D eigenvalue weighted by molar-refractivity contribution is 5.79. The number of aromatic nitrogens is 2. The molecule has 1 amide bonds. The van der Waals surface area contributed by atoms with E-state index in [0.717, 1.165) is 28.1 Å². The number of methoxy groups -OCH3 is 2. The van der Waals surface area contributed by atoms with Gasteiger partial charge in [-0.05, 0) is 48.4 Å². The molecule has 3 aromatic carbocycles. The van der Waals surface area contributed by atoms with E-state index in [2.05, 4.69) is 28.1 Å². The number of fused-ring (bicyclic) bond motifs is 1. The van der Waals surface area contributed by atoms with Crippen molar-refractivity contribution < 1.29 is 14.3 Å². The third-order valence-electron chi connectivity index (χ3n) is 5.40. The van der Waals surface area contributed by atoms with E-state index in [9.17, 15) is 4.79 Å². The number of carbonyl (C=O) groups is 1. The number of ether oxygens (including phenoxy) is 2. The van der Waals surface area contributed by atoms with Gasteiger partial charge in [-0.3, -0.25) is 9.36 Å². The van der Waals surface area contributed by atoms with E-state index < -0.39 is 0 Å². The number of hydrogen-bond acceptors (Lipinski definition) is 4. The van der Waals surface area contributed by atoms with Crippen LogP contribution in [-0.2, 0) is 17.6 Å². The molecule has 32 heavy (non-hydrogen) atoms. The van der Waals surface area contributed by atoms with Crippen molar-refractivity contribution in [1.82, 2.24) is 14.9 Å². The van der Waals surface area contributed by atoms with E-state index in [1.807, 2.05) is 54.6 Å². The van der Waals surface area contributed by atoms with Crippen molar-refractivity contribution in [3.63, 3.8) is 0 Å². The molecule has 0 fully saturated rings. The number of nitrogens with zero attached hydrogens (tertiary/aromatic N) is 2. The summed E-state index contributed by atoms with van der Waals surface area (Å²) in [6.45, 7) is 0.559. The van der Waals surface area contributed by atoms with E-state index >= 15 is 0 Å². The monoisotopic (exact) mass is 429 g/mol. The first kappa shape index (κ1) is 21.4. The Morgan fingerprint density at radius 1 is 0.906 bits per heavy atom. The zero-order valence-electron chi connectivity index (χ0n) is 18.4. The van der Waals surface area contributed by atoms with Crippen molar-refractivity contribution in [3.8, 4) is 17.2 Å². The van der Waals surface area contributed by atoms with Gasteiger partial charge in [-0.25, -0.2) is 4.98 Å². The predicted molar refractivity (Wildman–Crippen MR) is 126 cm³/mol. The van der Waals surface area contributed by atoms with Crippen molar-refractivity contribution in [2.45, 2.75) is 19.3 Å². The Kier molecular flexibility index (Phi) is 6.70. The molecule has 0 unspecified atom stereocenters. The summed E-state index contributed by atoms with van der Waals surface area (Å²) in [7, 11) is 3.23. The summed E-state index contributed by atoms with van der Waals surface area (Å²) < 4.78 is 12.7. The van der Waals surface area contributed by atoms with Crippen LogP contribution in [0.2, 0.25) is 0 Å². The Labute approximate surface area is 187 Å². The fourth-order valence-corrected chi connectivity index (χ4v) is 3.80. The van der Waals surface area contributed by atoms with Crippen LogP contribution in [0.1, 0.15) is 17.8 Å².